The van der Waals surface area contributed by atoms with Gasteiger partial charge in [0, 0.05) is 29.7 Å². The standard InChI is InChI=1S/C34H32O7/c1-21(2)14-16-25-32(38)31(27(35)18-22(3)20-40-28(36)17-15-23-10-6-4-7-11-23)33(39)30-26(19-29(37)41-34(25)30)24-12-8-5-9-13-24/h4-15,17,19,22,38-39H,16,18,20H2,1-3H3/b17-15+. The number of rotatable bonds is 10. The van der Waals surface area contributed by atoms with E-state index in [1.165, 1.54) is 12.1 Å². The fourth-order valence-electron chi connectivity index (χ4n) is 4.52. The summed E-state index contributed by atoms with van der Waals surface area (Å²) in [6.45, 7) is 5.47. The maximum absolute atomic E-state index is 13.5. The lowest BCUT2D eigenvalue weighted by Gasteiger charge is -2.17. The fraction of sp³-hybridized carbons (Fsp3) is 0.206. The second kappa shape index (κ2) is 13.0. The third-order valence-corrected chi connectivity index (χ3v) is 6.57. The fourth-order valence-corrected chi connectivity index (χ4v) is 4.52. The average molecular weight is 553 g/mol. The molecule has 0 bridgehead atoms. The third kappa shape index (κ3) is 7.00. The van der Waals surface area contributed by atoms with Crippen molar-refractivity contribution in [3.8, 4) is 22.6 Å². The van der Waals surface area contributed by atoms with Gasteiger partial charge in [-0.2, -0.15) is 0 Å². The normalized spacial score (nSPS) is 11.9. The maximum atomic E-state index is 13.5. The molecule has 0 aliphatic heterocycles. The van der Waals surface area contributed by atoms with Crippen molar-refractivity contribution in [3.63, 3.8) is 0 Å². The number of Topliss-reactive ketones (excluding diaryl/α,β-unsaturated/α-hetero) is 1. The summed E-state index contributed by atoms with van der Waals surface area (Å²) in [6, 6.07) is 19.5. The van der Waals surface area contributed by atoms with E-state index >= 15 is 0 Å². The highest BCUT2D eigenvalue weighted by atomic mass is 16.5. The van der Waals surface area contributed by atoms with Crippen molar-refractivity contribution in [2.24, 2.45) is 5.92 Å². The number of allylic oxidation sites excluding steroid dienone is 2. The van der Waals surface area contributed by atoms with Crippen LogP contribution in [0.2, 0.25) is 0 Å². The average Bonchev–Trinajstić information content (AvgIpc) is 2.95. The second-order valence-corrected chi connectivity index (χ2v) is 10.2. The summed E-state index contributed by atoms with van der Waals surface area (Å²) in [5.74, 6) is -2.40. The number of aromatic hydroxyl groups is 2. The predicted molar refractivity (Wildman–Crippen MR) is 159 cm³/mol. The number of phenols is 2. The summed E-state index contributed by atoms with van der Waals surface area (Å²) in [6.07, 6.45) is 4.86. The molecule has 1 aromatic heterocycles. The van der Waals surface area contributed by atoms with E-state index in [-0.39, 0.29) is 41.5 Å². The summed E-state index contributed by atoms with van der Waals surface area (Å²) < 4.78 is 10.8. The molecule has 0 saturated carbocycles. The zero-order chi connectivity index (χ0) is 29.5. The van der Waals surface area contributed by atoms with Crippen LogP contribution in [-0.2, 0) is 16.0 Å². The van der Waals surface area contributed by atoms with Crippen LogP contribution in [0.4, 0.5) is 0 Å². The largest absolute Gasteiger partial charge is 0.507 e. The number of fused-ring (bicyclic) bond motifs is 1. The van der Waals surface area contributed by atoms with Crippen LogP contribution >= 0.6 is 0 Å². The first-order valence-corrected chi connectivity index (χ1v) is 13.3. The number of benzene rings is 3. The Kier molecular flexibility index (Phi) is 9.19. The Bertz CT molecular complexity index is 1680. The number of carbonyl (C=O) groups excluding carboxylic acids is 2. The molecule has 0 amide bonds. The van der Waals surface area contributed by atoms with Gasteiger partial charge in [-0.05, 0) is 43.4 Å². The monoisotopic (exact) mass is 552 g/mol. The SMILES string of the molecule is CC(C)=CCc1c(O)c(C(=O)CC(C)COC(=O)/C=C/c2ccccc2)c(O)c2c(-c3ccccc3)cc(=O)oc12. The first kappa shape index (κ1) is 29.1. The molecule has 0 aliphatic rings. The summed E-state index contributed by atoms with van der Waals surface area (Å²) in [5, 5.41) is 22.8. The molecule has 4 aromatic rings. The molecular formula is C34H32O7. The molecule has 0 fully saturated rings. The lowest BCUT2D eigenvalue weighted by molar-refractivity contribution is -0.138. The van der Waals surface area contributed by atoms with E-state index < -0.39 is 34.8 Å². The Labute approximate surface area is 238 Å². The molecule has 2 N–H and O–H groups in total. The topological polar surface area (TPSA) is 114 Å². The number of hydrogen-bond acceptors (Lipinski definition) is 7. The van der Waals surface area contributed by atoms with E-state index in [9.17, 15) is 24.6 Å². The quantitative estimate of drug-likeness (QED) is 0.0727. The van der Waals surface area contributed by atoms with Gasteiger partial charge in [-0.25, -0.2) is 9.59 Å². The number of phenolic OH excluding ortho intramolecular Hbond substituents is 2. The lowest BCUT2D eigenvalue weighted by Crippen LogP contribution is -2.15. The van der Waals surface area contributed by atoms with Gasteiger partial charge in [-0.15, -0.1) is 0 Å². The number of esters is 1. The van der Waals surface area contributed by atoms with E-state index in [0.717, 1.165) is 11.1 Å². The number of hydrogen-bond donors (Lipinski definition) is 2. The van der Waals surface area contributed by atoms with Crippen LogP contribution in [0.1, 0.15) is 48.7 Å². The molecule has 7 nitrogen and oxygen atoms in total. The van der Waals surface area contributed by atoms with Crippen molar-refractivity contribution in [2.75, 3.05) is 6.61 Å². The second-order valence-electron chi connectivity index (χ2n) is 10.2. The van der Waals surface area contributed by atoms with Crippen molar-refractivity contribution in [1.29, 1.82) is 0 Å². The predicted octanol–water partition coefficient (Wildman–Crippen LogP) is 6.85. The van der Waals surface area contributed by atoms with Crippen LogP contribution in [0.25, 0.3) is 28.2 Å². The first-order valence-electron chi connectivity index (χ1n) is 13.3. The highest BCUT2D eigenvalue weighted by molar-refractivity contribution is 6.11. The van der Waals surface area contributed by atoms with Gasteiger partial charge in [0.25, 0.3) is 0 Å². The molecule has 1 atom stereocenters. The summed E-state index contributed by atoms with van der Waals surface area (Å²) >= 11 is 0. The van der Waals surface area contributed by atoms with Crippen molar-refractivity contribution in [2.45, 2.75) is 33.6 Å². The van der Waals surface area contributed by atoms with Gasteiger partial charge in [0.2, 0.25) is 0 Å². The number of ketones is 1. The molecule has 0 aliphatic carbocycles. The smallest absolute Gasteiger partial charge is 0.336 e. The number of ether oxygens (including phenoxy) is 1. The van der Waals surface area contributed by atoms with Gasteiger partial charge in [0.05, 0.1) is 12.0 Å². The molecule has 1 heterocycles. The summed E-state index contributed by atoms with van der Waals surface area (Å²) in [7, 11) is 0. The minimum absolute atomic E-state index is 0.0209. The Balaban J connectivity index is 1.67. The van der Waals surface area contributed by atoms with Gasteiger partial charge >= 0.3 is 11.6 Å². The van der Waals surface area contributed by atoms with Crippen LogP contribution in [0, 0.1) is 5.92 Å². The number of carbonyl (C=O) groups is 2. The molecule has 1 unspecified atom stereocenters. The molecular weight excluding hydrogens is 520 g/mol. The van der Waals surface area contributed by atoms with E-state index in [1.807, 2.05) is 56.3 Å². The molecule has 3 aromatic carbocycles. The zero-order valence-electron chi connectivity index (χ0n) is 23.2. The molecule has 7 heteroatoms. The van der Waals surface area contributed by atoms with Gasteiger partial charge in [0.1, 0.15) is 22.6 Å². The van der Waals surface area contributed by atoms with Crippen molar-refractivity contribution in [3.05, 3.63) is 112 Å². The Morgan fingerprint density at radius 3 is 2.29 bits per heavy atom. The molecule has 210 valence electrons. The van der Waals surface area contributed by atoms with E-state index in [1.54, 1.807) is 37.3 Å². The highest BCUT2D eigenvalue weighted by Gasteiger charge is 2.28. The van der Waals surface area contributed by atoms with Crippen molar-refractivity contribution >= 4 is 28.8 Å². The van der Waals surface area contributed by atoms with Crippen molar-refractivity contribution in [1.82, 2.24) is 0 Å². The Morgan fingerprint density at radius 2 is 1.63 bits per heavy atom. The third-order valence-electron chi connectivity index (χ3n) is 6.57. The molecule has 0 radical (unpaired) electrons. The van der Waals surface area contributed by atoms with Crippen LogP contribution in [0.15, 0.2) is 93.7 Å². The maximum Gasteiger partial charge on any atom is 0.336 e. The van der Waals surface area contributed by atoms with Crippen LogP contribution in [-0.4, -0.2) is 28.6 Å². The summed E-state index contributed by atoms with van der Waals surface area (Å²) in [4.78, 5) is 38.3. The van der Waals surface area contributed by atoms with Crippen LogP contribution in [0.3, 0.4) is 0 Å². The Hall–Kier alpha value is -4.91. The van der Waals surface area contributed by atoms with Crippen molar-refractivity contribution < 1.29 is 29.0 Å². The zero-order valence-corrected chi connectivity index (χ0v) is 23.2. The highest BCUT2D eigenvalue weighted by Crippen LogP contribution is 2.44. The molecule has 4 rings (SSSR count). The van der Waals surface area contributed by atoms with E-state index in [4.69, 9.17) is 9.15 Å². The molecule has 41 heavy (non-hydrogen) atoms. The minimum Gasteiger partial charge on any atom is -0.507 e. The van der Waals surface area contributed by atoms with E-state index in [2.05, 4.69) is 0 Å². The Morgan fingerprint density at radius 1 is 0.976 bits per heavy atom. The van der Waals surface area contributed by atoms with Crippen LogP contribution in [0.5, 0.6) is 11.5 Å². The lowest BCUT2D eigenvalue weighted by atomic mass is 9.90. The van der Waals surface area contributed by atoms with E-state index in [0.29, 0.717) is 11.1 Å². The molecule has 0 saturated heterocycles. The van der Waals surface area contributed by atoms with Crippen LogP contribution < -0.4 is 5.63 Å². The first-order chi connectivity index (χ1) is 19.7. The minimum atomic E-state index is -0.649. The summed E-state index contributed by atoms with van der Waals surface area (Å²) in [5.41, 5.74) is 2.17. The van der Waals surface area contributed by atoms with Gasteiger partial charge in [-0.3, -0.25) is 4.79 Å². The van der Waals surface area contributed by atoms with Gasteiger partial charge in [-0.1, -0.05) is 79.2 Å². The molecule has 0 spiro atoms. The van der Waals surface area contributed by atoms with Gasteiger partial charge < -0.3 is 19.4 Å². The van der Waals surface area contributed by atoms with Gasteiger partial charge in [0.15, 0.2) is 5.78 Å².